The molecule has 9 heteroatoms. The highest BCUT2D eigenvalue weighted by atomic mass is 32.1. The van der Waals surface area contributed by atoms with Crippen LogP contribution in [-0.2, 0) is 9.53 Å². The molecular weight excluding hydrogens is 344 g/mol. The molecular formula is C16H20N4O4S. The molecule has 0 bridgehead atoms. The average Bonchev–Trinajstić information content (AvgIpc) is 2.52. The summed E-state index contributed by atoms with van der Waals surface area (Å²) >= 11 is 5.21. The summed E-state index contributed by atoms with van der Waals surface area (Å²) in [7, 11) is 0. The van der Waals surface area contributed by atoms with E-state index in [2.05, 4.69) is 4.98 Å². The molecule has 1 aliphatic heterocycles. The maximum atomic E-state index is 12.4. The lowest BCUT2D eigenvalue weighted by Crippen LogP contribution is -2.48. The van der Waals surface area contributed by atoms with E-state index in [0.29, 0.717) is 5.82 Å². The van der Waals surface area contributed by atoms with Crippen LogP contribution in [0.5, 0.6) is 0 Å². The maximum absolute atomic E-state index is 12.4. The van der Waals surface area contributed by atoms with E-state index in [9.17, 15) is 14.7 Å². The summed E-state index contributed by atoms with van der Waals surface area (Å²) in [6.45, 7) is 4.70. The van der Waals surface area contributed by atoms with Crippen molar-refractivity contribution in [3.8, 4) is 0 Å². The van der Waals surface area contributed by atoms with Gasteiger partial charge in [-0.25, -0.2) is 15.6 Å². The zero-order chi connectivity index (χ0) is 18.8. The molecule has 0 saturated heterocycles. The van der Waals surface area contributed by atoms with Gasteiger partial charge in [0, 0.05) is 6.20 Å². The monoisotopic (exact) mass is 364 g/mol. The van der Waals surface area contributed by atoms with Gasteiger partial charge in [0.1, 0.15) is 22.2 Å². The molecule has 1 aromatic heterocycles. The number of rotatable bonds is 2. The number of carbonyl (C=O) groups is 2. The highest BCUT2D eigenvalue weighted by molar-refractivity contribution is 7.81. The fourth-order valence-electron chi connectivity index (χ4n) is 2.15. The van der Waals surface area contributed by atoms with E-state index in [1.807, 2.05) is 0 Å². The Hall–Kier alpha value is -2.52. The SMILES string of the molecule is CC(C)(C)OC(=O)N1CC(=O)C(C(=S)N(N)c2ccccn2)=C(O)C1. The number of hydrazine groups is 1. The summed E-state index contributed by atoms with van der Waals surface area (Å²) in [5, 5.41) is 11.3. The molecule has 8 nitrogen and oxygen atoms in total. The summed E-state index contributed by atoms with van der Waals surface area (Å²) in [6, 6.07) is 5.04. The summed E-state index contributed by atoms with van der Waals surface area (Å²) in [5.74, 6) is 5.37. The van der Waals surface area contributed by atoms with E-state index >= 15 is 0 Å². The van der Waals surface area contributed by atoms with Crippen molar-refractivity contribution >= 4 is 34.9 Å². The Bertz CT molecular complexity index is 727. The highest BCUT2D eigenvalue weighted by Gasteiger charge is 2.34. The molecule has 2 heterocycles. The van der Waals surface area contributed by atoms with Crippen LogP contribution < -0.4 is 10.9 Å². The van der Waals surface area contributed by atoms with Gasteiger partial charge in [0.25, 0.3) is 0 Å². The van der Waals surface area contributed by atoms with Crippen LogP contribution in [0.15, 0.2) is 35.7 Å². The zero-order valence-electron chi connectivity index (χ0n) is 14.2. The Morgan fingerprint density at radius 1 is 1.40 bits per heavy atom. The number of aliphatic hydroxyl groups excluding tert-OH is 1. The van der Waals surface area contributed by atoms with E-state index in [4.69, 9.17) is 22.8 Å². The summed E-state index contributed by atoms with van der Waals surface area (Å²) in [6.07, 6.45) is 0.839. The Morgan fingerprint density at radius 3 is 2.60 bits per heavy atom. The largest absolute Gasteiger partial charge is 0.510 e. The first kappa shape index (κ1) is 18.8. The second-order valence-electron chi connectivity index (χ2n) is 6.44. The number of amides is 1. The third-order valence-electron chi connectivity index (χ3n) is 3.22. The zero-order valence-corrected chi connectivity index (χ0v) is 15.0. The van der Waals surface area contributed by atoms with Crippen LogP contribution in [-0.4, -0.2) is 50.5 Å². The number of ether oxygens (including phenoxy) is 1. The van der Waals surface area contributed by atoms with E-state index in [-0.39, 0.29) is 29.4 Å². The van der Waals surface area contributed by atoms with Gasteiger partial charge >= 0.3 is 6.09 Å². The van der Waals surface area contributed by atoms with Crippen molar-refractivity contribution in [2.75, 3.05) is 18.1 Å². The number of nitrogens with two attached hydrogens (primary N) is 1. The topological polar surface area (TPSA) is 109 Å². The quantitative estimate of drug-likeness (QED) is 0.464. The molecule has 0 spiro atoms. The molecule has 134 valence electrons. The molecule has 2 rings (SSSR count). The Kier molecular flexibility index (Phi) is 5.39. The first-order chi connectivity index (χ1) is 11.6. The van der Waals surface area contributed by atoms with Crippen molar-refractivity contribution < 1.29 is 19.4 Å². The normalized spacial score (nSPS) is 15.2. The fourth-order valence-corrected chi connectivity index (χ4v) is 2.47. The van der Waals surface area contributed by atoms with Gasteiger partial charge in [-0.3, -0.25) is 14.7 Å². The van der Waals surface area contributed by atoms with Crippen molar-refractivity contribution in [2.24, 2.45) is 5.84 Å². The number of pyridine rings is 1. The first-order valence-corrected chi connectivity index (χ1v) is 7.94. The fraction of sp³-hybridized carbons (Fsp3) is 0.375. The molecule has 1 aliphatic rings. The van der Waals surface area contributed by atoms with Gasteiger partial charge in [-0.2, -0.15) is 0 Å². The van der Waals surface area contributed by atoms with Crippen LogP contribution in [0.25, 0.3) is 0 Å². The number of thiocarbonyl (C=S) groups is 1. The van der Waals surface area contributed by atoms with Crippen LogP contribution >= 0.6 is 12.2 Å². The van der Waals surface area contributed by atoms with E-state index < -0.39 is 17.5 Å². The predicted molar refractivity (Wildman–Crippen MR) is 96.0 cm³/mol. The second-order valence-corrected chi connectivity index (χ2v) is 6.83. The van der Waals surface area contributed by atoms with Crippen molar-refractivity contribution in [3.05, 3.63) is 35.7 Å². The highest BCUT2D eigenvalue weighted by Crippen LogP contribution is 2.20. The molecule has 0 atom stereocenters. The third-order valence-corrected chi connectivity index (χ3v) is 3.62. The van der Waals surface area contributed by atoms with Gasteiger partial charge in [-0.1, -0.05) is 18.3 Å². The van der Waals surface area contributed by atoms with E-state index in [1.54, 1.807) is 39.0 Å². The van der Waals surface area contributed by atoms with Gasteiger partial charge in [0.2, 0.25) is 0 Å². The number of aromatic nitrogens is 1. The van der Waals surface area contributed by atoms with Crippen molar-refractivity contribution in [3.63, 3.8) is 0 Å². The number of nitrogens with zero attached hydrogens (tertiary/aromatic N) is 3. The van der Waals surface area contributed by atoms with Gasteiger partial charge in [0.15, 0.2) is 5.78 Å². The number of carbonyl (C=O) groups excluding carboxylic acids is 2. The minimum Gasteiger partial charge on any atom is -0.510 e. The Balaban J connectivity index is 2.19. The molecule has 0 aromatic carbocycles. The second kappa shape index (κ2) is 7.16. The molecule has 0 fully saturated rings. The molecule has 1 aromatic rings. The third kappa shape index (κ3) is 4.52. The molecule has 3 N–H and O–H groups in total. The first-order valence-electron chi connectivity index (χ1n) is 7.53. The van der Waals surface area contributed by atoms with Crippen molar-refractivity contribution in [1.29, 1.82) is 0 Å². The van der Waals surface area contributed by atoms with Gasteiger partial charge < -0.3 is 9.84 Å². The lowest BCUT2D eigenvalue weighted by Gasteiger charge is -2.31. The maximum Gasteiger partial charge on any atom is 0.411 e. The predicted octanol–water partition coefficient (Wildman–Crippen LogP) is 1.72. The lowest BCUT2D eigenvalue weighted by molar-refractivity contribution is -0.117. The van der Waals surface area contributed by atoms with Crippen molar-refractivity contribution in [2.45, 2.75) is 26.4 Å². The van der Waals surface area contributed by atoms with Crippen LogP contribution in [0.1, 0.15) is 20.8 Å². The van der Waals surface area contributed by atoms with E-state index in [0.717, 1.165) is 9.91 Å². The molecule has 0 aliphatic carbocycles. The summed E-state index contributed by atoms with van der Waals surface area (Å²) < 4.78 is 5.21. The van der Waals surface area contributed by atoms with Crippen molar-refractivity contribution in [1.82, 2.24) is 9.88 Å². The minimum absolute atomic E-state index is 0.0648. The summed E-state index contributed by atoms with van der Waals surface area (Å²) in [5.41, 5.74) is -0.801. The van der Waals surface area contributed by atoms with E-state index in [1.165, 1.54) is 6.20 Å². The van der Waals surface area contributed by atoms with Gasteiger partial charge in [-0.15, -0.1) is 0 Å². The average molecular weight is 364 g/mol. The Morgan fingerprint density at radius 2 is 2.08 bits per heavy atom. The van der Waals surface area contributed by atoms with Crippen LogP contribution in [0.4, 0.5) is 10.6 Å². The molecule has 0 saturated carbocycles. The number of aliphatic hydroxyl groups is 1. The van der Waals surface area contributed by atoms with Crippen LogP contribution in [0.2, 0.25) is 0 Å². The number of hydrogen-bond donors (Lipinski definition) is 2. The smallest absolute Gasteiger partial charge is 0.411 e. The van der Waals surface area contributed by atoms with Gasteiger partial charge in [-0.05, 0) is 32.9 Å². The van der Waals surface area contributed by atoms with Crippen LogP contribution in [0, 0.1) is 0 Å². The molecule has 0 radical (unpaired) electrons. The number of ketones is 1. The Labute approximate surface area is 150 Å². The van der Waals surface area contributed by atoms with Gasteiger partial charge in [0.05, 0.1) is 18.7 Å². The number of Topliss-reactive ketones (excluding diaryl/α,β-unsaturated/α-hetero) is 1. The number of anilines is 1. The van der Waals surface area contributed by atoms with Crippen LogP contribution in [0.3, 0.4) is 0 Å². The lowest BCUT2D eigenvalue weighted by atomic mass is 10.0. The molecule has 0 unspecified atom stereocenters. The molecule has 25 heavy (non-hydrogen) atoms. The minimum atomic E-state index is -0.706. The summed E-state index contributed by atoms with van der Waals surface area (Å²) in [4.78, 5) is 29.6. The standard InChI is InChI=1S/C16H20N4O4S/c1-16(2,3)24-15(23)19-8-10(21)13(11(22)9-19)14(25)20(17)12-6-4-5-7-18-12/h4-7,21H,8-9,17H2,1-3H3. The molecule has 1 amide bonds. The number of hydrogen-bond acceptors (Lipinski definition) is 7.